The summed E-state index contributed by atoms with van der Waals surface area (Å²) in [5.41, 5.74) is 1.18. The Labute approximate surface area is 126 Å². The lowest BCUT2D eigenvalue weighted by Crippen LogP contribution is -2.38. The third-order valence-corrected chi connectivity index (χ3v) is 4.56. The van der Waals surface area contributed by atoms with Gasteiger partial charge in [-0.25, -0.2) is 4.98 Å². The molecule has 0 amide bonds. The second kappa shape index (κ2) is 7.07. The normalized spacial score (nSPS) is 22.1. The molecule has 1 fully saturated rings. The van der Waals surface area contributed by atoms with E-state index in [9.17, 15) is 0 Å². The molecule has 20 heavy (non-hydrogen) atoms. The molecule has 112 valence electrons. The molecule has 1 heterocycles. The third-order valence-electron chi connectivity index (χ3n) is 3.70. The van der Waals surface area contributed by atoms with Crippen LogP contribution in [0.25, 0.3) is 0 Å². The summed E-state index contributed by atoms with van der Waals surface area (Å²) in [7, 11) is 1.83. The van der Waals surface area contributed by atoms with Gasteiger partial charge in [-0.15, -0.1) is 11.3 Å². The molecule has 2 rings (SSSR count). The molecule has 0 radical (unpaired) electrons. The van der Waals surface area contributed by atoms with Gasteiger partial charge in [0.05, 0.1) is 12.2 Å². The second-order valence-corrected chi connectivity index (χ2v) is 6.72. The molecule has 0 spiro atoms. The molecule has 1 aliphatic carbocycles. The number of guanidine groups is 1. The molecule has 1 aromatic rings. The Balaban J connectivity index is 1.76. The van der Waals surface area contributed by atoms with E-state index in [-0.39, 0.29) is 0 Å². The standard InChI is InChI=1S/C15H26N4S/c1-5-6-11-7-12(11)19-15(16-4)17-8-14-18-13(9-20-14)10(2)3/h9-12H,5-8H2,1-4H3,(H2,16,17,19). The molecule has 1 saturated carbocycles. The minimum atomic E-state index is 0.499. The molecule has 4 nitrogen and oxygen atoms in total. The summed E-state index contributed by atoms with van der Waals surface area (Å²) >= 11 is 1.72. The molecular formula is C15H26N4S. The number of hydrogen-bond acceptors (Lipinski definition) is 3. The van der Waals surface area contributed by atoms with Gasteiger partial charge >= 0.3 is 0 Å². The van der Waals surface area contributed by atoms with E-state index < -0.39 is 0 Å². The van der Waals surface area contributed by atoms with Gasteiger partial charge in [-0.2, -0.15) is 0 Å². The Morgan fingerprint density at radius 2 is 2.35 bits per heavy atom. The number of nitrogens with one attached hydrogen (secondary N) is 2. The first-order chi connectivity index (χ1) is 9.63. The monoisotopic (exact) mass is 294 g/mol. The molecular weight excluding hydrogens is 268 g/mol. The minimum absolute atomic E-state index is 0.499. The van der Waals surface area contributed by atoms with Gasteiger partial charge in [0.1, 0.15) is 5.01 Å². The average molecular weight is 294 g/mol. The number of nitrogens with zero attached hydrogens (tertiary/aromatic N) is 2. The maximum Gasteiger partial charge on any atom is 0.191 e. The van der Waals surface area contributed by atoms with Gasteiger partial charge in [0.25, 0.3) is 0 Å². The molecule has 0 aromatic carbocycles. The zero-order valence-corrected chi connectivity index (χ0v) is 13.8. The Hall–Kier alpha value is -1.10. The number of rotatable bonds is 6. The van der Waals surface area contributed by atoms with Crippen molar-refractivity contribution >= 4 is 17.3 Å². The molecule has 1 aliphatic rings. The van der Waals surface area contributed by atoms with Crippen LogP contribution in [0, 0.1) is 5.92 Å². The number of aromatic nitrogens is 1. The van der Waals surface area contributed by atoms with Gasteiger partial charge < -0.3 is 10.6 Å². The Kier molecular flexibility index (Phi) is 5.40. The Morgan fingerprint density at radius 1 is 1.55 bits per heavy atom. The van der Waals surface area contributed by atoms with Gasteiger partial charge in [-0.1, -0.05) is 27.2 Å². The van der Waals surface area contributed by atoms with E-state index in [2.05, 4.69) is 46.8 Å². The molecule has 1 aromatic heterocycles. The SMILES string of the molecule is CCCC1CC1NC(=NC)NCc1nc(C(C)C)cs1. The first-order valence-corrected chi connectivity index (χ1v) is 8.43. The number of aliphatic imine (C=N–C) groups is 1. The quantitative estimate of drug-likeness (QED) is 0.626. The lowest BCUT2D eigenvalue weighted by atomic mass is 10.2. The summed E-state index contributed by atoms with van der Waals surface area (Å²) in [5, 5.41) is 10.1. The fourth-order valence-electron chi connectivity index (χ4n) is 2.32. The highest BCUT2D eigenvalue weighted by Gasteiger charge is 2.36. The largest absolute Gasteiger partial charge is 0.353 e. The van der Waals surface area contributed by atoms with Crippen LogP contribution in [0.15, 0.2) is 10.4 Å². The van der Waals surface area contributed by atoms with Gasteiger partial charge in [0, 0.05) is 18.5 Å². The third kappa shape index (κ3) is 4.20. The maximum atomic E-state index is 4.63. The van der Waals surface area contributed by atoms with Gasteiger partial charge in [0.2, 0.25) is 0 Å². The lowest BCUT2D eigenvalue weighted by molar-refractivity contribution is 0.655. The number of thiazole rings is 1. The van der Waals surface area contributed by atoms with Crippen molar-refractivity contribution in [1.82, 2.24) is 15.6 Å². The highest BCUT2D eigenvalue weighted by Crippen LogP contribution is 2.34. The molecule has 5 heteroatoms. The van der Waals surface area contributed by atoms with E-state index >= 15 is 0 Å². The van der Waals surface area contributed by atoms with Crippen LogP contribution in [-0.4, -0.2) is 24.0 Å². The fourth-order valence-corrected chi connectivity index (χ4v) is 3.21. The fraction of sp³-hybridized carbons (Fsp3) is 0.733. The first-order valence-electron chi connectivity index (χ1n) is 7.55. The van der Waals surface area contributed by atoms with Crippen LogP contribution in [0.4, 0.5) is 0 Å². The molecule has 2 N–H and O–H groups in total. The number of hydrogen-bond donors (Lipinski definition) is 2. The lowest BCUT2D eigenvalue weighted by Gasteiger charge is -2.10. The van der Waals surface area contributed by atoms with E-state index in [1.54, 1.807) is 11.3 Å². The molecule has 0 bridgehead atoms. The smallest absolute Gasteiger partial charge is 0.191 e. The zero-order valence-electron chi connectivity index (χ0n) is 12.9. The first kappa shape index (κ1) is 15.3. The van der Waals surface area contributed by atoms with Gasteiger partial charge in [-0.3, -0.25) is 4.99 Å². The van der Waals surface area contributed by atoms with E-state index in [0.29, 0.717) is 12.0 Å². The maximum absolute atomic E-state index is 4.63. The van der Waals surface area contributed by atoms with Crippen molar-refractivity contribution in [2.75, 3.05) is 7.05 Å². The van der Waals surface area contributed by atoms with Crippen LogP contribution in [0.1, 0.15) is 56.7 Å². The minimum Gasteiger partial charge on any atom is -0.353 e. The molecule has 0 aliphatic heterocycles. The van der Waals surface area contributed by atoms with E-state index in [1.807, 2.05) is 7.05 Å². The predicted octanol–water partition coefficient (Wildman–Crippen LogP) is 3.12. The van der Waals surface area contributed by atoms with Gasteiger partial charge in [0.15, 0.2) is 5.96 Å². The van der Waals surface area contributed by atoms with Crippen LogP contribution in [0.2, 0.25) is 0 Å². The van der Waals surface area contributed by atoms with Crippen molar-refractivity contribution in [1.29, 1.82) is 0 Å². The van der Waals surface area contributed by atoms with Crippen LogP contribution >= 0.6 is 11.3 Å². The second-order valence-electron chi connectivity index (χ2n) is 5.78. The Bertz CT molecular complexity index is 452. The van der Waals surface area contributed by atoms with E-state index in [1.165, 1.54) is 25.0 Å². The van der Waals surface area contributed by atoms with Crippen LogP contribution in [-0.2, 0) is 6.54 Å². The predicted molar refractivity (Wildman–Crippen MR) is 86.3 cm³/mol. The molecule has 2 unspecified atom stereocenters. The van der Waals surface area contributed by atoms with Crippen molar-refractivity contribution in [3.8, 4) is 0 Å². The van der Waals surface area contributed by atoms with Crippen molar-refractivity contribution in [2.24, 2.45) is 10.9 Å². The van der Waals surface area contributed by atoms with E-state index in [0.717, 1.165) is 23.4 Å². The highest BCUT2D eigenvalue weighted by molar-refractivity contribution is 7.09. The summed E-state index contributed by atoms with van der Waals surface area (Å²) in [6.45, 7) is 7.35. The summed E-state index contributed by atoms with van der Waals surface area (Å²) in [4.78, 5) is 8.92. The van der Waals surface area contributed by atoms with Crippen molar-refractivity contribution < 1.29 is 0 Å². The molecule has 0 saturated heterocycles. The van der Waals surface area contributed by atoms with E-state index in [4.69, 9.17) is 0 Å². The molecule has 2 atom stereocenters. The van der Waals surface area contributed by atoms with Gasteiger partial charge in [-0.05, 0) is 24.7 Å². The summed E-state index contributed by atoms with van der Waals surface area (Å²) in [6.07, 6.45) is 3.87. The summed E-state index contributed by atoms with van der Waals surface area (Å²) < 4.78 is 0. The van der Waals surface area contributed by atoms with Crippen LogP contribution < -0.4 is 10.6 Å². The summed E-state index contributed by atoms with van der Waals surface area (Å²) in [5.74, 6) is 2.24. The van der Waals surface area contributed by atoms with Crippen molar-refractivity contribution in [2.45, 2.75) is 58.5 Å². The summed E-state index contributed by atoms with van der Waals surface area (Å²) in [6, 6.07) is 0.615. The Morgan fingerprint density at radius 3 is 2.95 bits per heavy atom. The topological polar surface area (TPSA) is 49.3 Å². The highest BCUT2D eigenvalue weighted by atomic mass is 32.1. The average Bonchev–Trinajstić information content (AvgIpc) is 2.97. The van der Waals surface area contributed by atoms with Crippen molar-refractivity contribution in [3.05, 3.63) is 16.1 Å². The van der Waals surface area contributed by atoms with Crippen molar-refractivity contribution in [3.63, 3.8) is 0 Å². The van der Waals surface area contributed by atoms with Crippen LogP contribution in [0.5, 0.6) is 0 Å². The zero-order chi connectivity index (χ0) is 14.5. The van der Waals surface area contributed by atoms with Crippen LogP contribution in [0.3, 0.4) is 0 Å².